The van der Waals surface area contributed by atoms with Crippen LogP contribution < -0.4 is 5.32 Å². The van der Waals surface area contributed by atoms with Crippen molar-refractivity contribution in [1.29, 1.82) is 0 Å². The van der Waals surface area contributed by atoms with Crippen LogP contribution in [0.25, 0.3) is 0 Å². The number of carboxylic acid groups (broad SMARTS) is 1. The van der Waals surface area contributed by atoms with Gasteiger partial charge in [0.25, 0.3) is 0 Å². The second-order valence-electron chi connectivity index (χ2n) is 7.03. The van der Waals surface area contributed by atoms with Crippen molar-refractivity contribution in [1.82, 2.24) is 5.32 Å². The average Bonchev–Trinajstić information content (AvgIpc) is 2.71. The second-order valence-corrected chi connectivity index (χ2v) is 7.03. The molecule has 1 rings (SSSR count). The summed E-state index contributed by atoms with van der Waals surface area (Å²) in [7, 11) is 0. The number of carboxylic acids is 1. The maximum Gasteiger partial charge on any atom is 0.519 e. The van der Waals surface area contributed by atoms with Gasteiger partial charge >= 0.3 is 18.3 Å². The van der Waals surface area contributed by atoms with Crippen LogP contribution in [0.5, 0.6) is 0 Å². The number of amides is 1. The Morgan fingerprint density at radius 1 is 1.00 bits per heavy atom. The molecule has 1 heterocycles. The van der Waals surface area contributed by atoms with E-state index in [9.17, 15) is 19.2 Å². The molecule has 9 nitrogen and oxygen atoms in total. The fourth-order valence-electron chi connectivity index (χ4n) is 1.41. The number of carbonyl (C=O) groups excluding carboxylic acids is 3. The Morgan fingerprint density at radius 3 is 1.62 bits per heavy atom. The summed E-state index contributed by atoms with van der Waals surface area (Å²) in [6.45, 7) is 10.0. The van der Waals surface area contributed by atoms with Gasteiger partial charge in [0.2, 0.25) is 5.91 Å². The van der Waals surface area contributed by atoms with Crippen LogP contribution in [0.3, 0.4) is 0 Å². The van der Waals surface area contributed by atoms with Crippen LogP contribution in [0.15, 0.2) is 0 Å². The molecule has 1 unspecified atom stereocenters. The molecule has 0 aromatic heterocycles. The molecule has 0 spiro atoms. The molecule has 1 fully saturated rings. The van der Waals surface area contributed by atoms with Crippen LogP contribution in [0.2, 0.25) is 0 Å². The number of hydrogen-bond acceptors (Lipinski definition) is 7. The molecule has 0 aromatic carbocycles. The zero-order valence-corrected chi connectivity index (χ0v) is 14.8. The van der Waals surface area contributed by atoms with E-state index in [-0.39, 0.29) is 5.91 Å². The van der Waals surface area contributed by atoms with E-state index in [1.54, 1.807) is 41.5 Å². The number of carbonyl (C=O) groups is 4. The van der Waals surface area contributed by atoms with Gasteiger partial charge in [-0.1, -0.05) is 0 Å². The summed E-state index contributed by atoms with van der Waals surface area (Å²) in [6.07, 6.45) is -1.35. The largest absolute Gasteiger partial charge is 0.519 e. The highest BCUT2D eigenvalue weighted by molar-refractivity contribution is 5.87. The zero-order chi connectivity index (χ0) is 19.1. The molecule has 1 atom stereocenters. The van der Waals surface area contributed by atoms with Crippen LogP contribution in [0, 0.1) is 0 Å². The highest BCUT2D eigenvalue weighted by Gasteiger charge is 2.26. The lowest BCUT2D eigenvalue weighted by atomic mass is 10.2. The first-order valence-corrected chi connectivity index (χ1v) is 7.35. The molecule has 0 saturated carbocycles. The van der Waals surface area contributed by atoms with Crippen molar-refractivity contribution in [3.05, 3.63) is 0 Å². The monoisotopic (exact) mass is 347 g/mol. The molecule has 2 N–H and O–H groups in total. The molecule has 24 heavy (non-hydrogen) atoms. The van der Waals surface area contributed by atoms with Crippen molar-refractivity contribution in [3.63, 3.8) is 0 Å². The fourth-order valence-corrected chi connectivity index (χ4v) is 1.41. The molecular formula is C15H25NO8. The predicted octanol–water partition coefficient (Wildman–Crippen LogP) is 2.22. The van der Waals surface area contributed by atoms with Crippen LogP contribution in [-0.4, -0.2) is 46.5 Å². The lowest BCUT2D eigenvalue weighted by molar-refractivity contribution is -0.140. The van der Waals surface area contributed by atoms with E-state index >= 15 is 0 Å². The Kier molecular flexibility index (Phi) is 7.69. The molecular weight excluding hydrogens is 322 g/mol. The molecule has 1 aliphatic rings. The minimum absolute atomic E-state index is 0.164. The average molecular weight is 347 g/mol. The quantitative estimate of drug-likeness (QED) is 0.546. The van der Waals surface area contributed by atoms with Gasteiger partial charge in [-0.25, -0.2) is 14.4 Å². The van der Waals surface area contributed by atoms with Crippen molar-refractivity contribution >= 4 is 24.2 Å². The highest BCUT2D eigenvalue weighted by atomic mass is 16.8. The van der Waals surface area contributed by atoms with Crippen LogP contribution in [0.4, 0.5) is 9.59 Å². The minimum atomic E-state index is -1.06. The number of rotatable bonds is 1. The lowest BCUT2D eigenvalue weighted by Crippen LogP contribution is -2.32. The molecule has 9 heteroatoms. The van der Waals surface area contributed by atoms with Gasteiger partial charge in [0, 0.05) is 6.42 Å². The Bertz CT molecular complexity index is 461. The van der Waals surface area contributed by atoms with Gasteiger partial charge in [-0.05, 0) is 48.0 Å². The molecule has 0 aromatic rings. The van der Waals surface area contributed by atoms with E-state index in [1.807, 2.05) is 0 Å². The summed E-state index contributed by atoms with van der Waals surface area (Å²) in [4.78, 5) is 42.5. The number of ether oxygens (including phenoxy) is 3. The third-order valence-electron chi connectivity index (χ3n) is 2.24. The van der Waals surface area contributed by atoms with E-state index in [4.69, 9.17) is 14.6 Å². The van der Waals surface area contributed by atoms with Crippen LogP contribution in [-0.2, 0) is 23.8 Å². The molecule has 0 aliphatic carbocycles. The number of hydrogen-bond donors (Lipinski definition) is 2. The van der Waals surface area contributed by atoms with Crippen molar-refractivity contribution in [2.45, 2.75) is 71.6 Å². The summed E-state index contributed by atoms with van der Waals surface area (Å²) in [5, 5.41) is 10.6. The van der Waals surface area contributed by atoms with Crippen molar-refractivity contribution in [2.24, 2.45) is 0 Å². The van der Waals surface area contributed by atoms with E-state index in [1.165, 1.54) is 0 Å². The van der Waals surface area contributed by atoms with Gasteiger partial charge in [0.05, 0.1) is 0 Å². The molecule has 0 radical (unpaired) electrons. The lowest BCUT2D eigenvalue weighted by Gasteiger charge is -2.20. The van der Waals surface area contributed by atoms with Gasteiger partial charge in [0.15, 0.2) is 0 Å². The zero-order valence-electron chi connectivity index (χ0n) is 14.8. The van der Waals surface area contributed by atoms with Crippen molar-refractivity contribution < 1.29 is 38.5 Å². The van der Waals surface area contributed by atoms with Crippen LogP contribution in [0.1, 0.15) is 54.4 Å². The molecule has 1 amide bonds. The van der Waals surface area contributed by atoms with E-state index in [0.29, 0.717) is 12.8 Å². The smallest absolute Gasteiger partial charge is 0.480 e. The fraction of sp³-hybridized carbons (Fsp3) is 0.733. The second kappa shape index (κ2) is 8.51. The van der Waals surface area contributed by atoms with Gasteiger partial charge < -0.3 is 24.6 Å². The Morgan fingerprint density at radius 2 is 1.42 bits per heavy atom. The third kappa shape index (κ3) is 11.3. The predicted molar refractivity (Wildman–Crippen MR) is 82.4 cm³/mol. The Labute approximate surface area is 140 Å². The molecule has 1 aliphatic heterocycles. The summed E-state index contributed by atoms with van der Waals surface area (Å²) in [5.74, 6) is -1.11. The van der Waals surface area contributed by atoms with Gasteiger partial charge in [-0.3, -0.25) is 4.79 Å². The first kappa shape index (κ1) is 21.7. The third-order valence-corrected chi connectivity index (χ3v) is 2.24. The summed E-state index contributed by atoms with van der Waals surface area (Å²) in [6, 6.07) is -0.641. The SMILES string of the molecule is CC(C)(C)OC(=O)OC(=O)OC(C)(C)C.O=C1CCC(C(=O)O)N1. The maximum atomic E-state index is 11.0. The van der Waals surface area contributed by atoms with E-state index in [2.05, 4.69) is 10.1 Å². The van der Waals surface area contributed by atoms with Crippen molar-refractivity contribution in [2.75, 3.05) is 0 Å². The standard InChI is InChI=1S/C10H18O5.C5H7NO3/c1-9(2,3)14-7(11)13-8(12)15-10(4,5)6;7-4-2-1-3(6-4)5(8)9/h1-6H3;3H,1-2H2,(H,6,7)(H,8,9). The van der Waals surface area contributed by atoms with Gasteiger partial charge in [0.1, 0.15) is 17.2 Å². The summed E-state index contributed by atoms with van der Waals surface area (Å²) in [5.41, 5.74) is -1.39. The molecule has 0 bridgehead atoms. The molecule has 1 saturated heterocycles. The van der Waals surface area contributed by atoms with Gasteiger partial charge in [-0.15, -0.1) is 0 Å². The Hall–Kier alpha value is -2.32. The maximum absolute atomic E-state index is 11.0. The van der Waals surface area contributed by atoms with E-state index < -0.39 is 35.5 Å². The minimum Gasteiger partial charge on any atom is -0.480 e. The summed E-state index contributed by atoms with van der Waals surface area (Å²) >= 11 is 0. The van der Waals surface area contributed by atoms with Crippen molar-refractivity contribution in [3.8, 4) is 0 Å². The normalized spacial score (nSPS) is 17.1. The summed E-state index contributed by atoms with van der Waals surface area (Å²) < 4.78 is 13.8. The van der Waals surface area contributed by atoms with Gasteiger partial charge in [-0.2, -0.15) is 0 Å². The number of nitrogens with one attached hydrogen (secondary N) is 1. The topological polar surface area (TPSA) is 128 Å². The van der Waals surface area contributed by atoms with E-state index in [0.717, 1.165) is 0 Å². The number of aliphatic carboxylic acids is 1. The first-order chi connectivity index (χ1) is 10.7. The highest BCUT2D eigenvalue weighted by Crippen LogP contribution is 2.11. The van der Waals surface area contributed by atoms with Crippen LogP contribution >= 0.6 is 0 Å². The molecule has 138 valence electrons. The first-order valence-electron chi connectivity index (χ1n) is 7.35. The Balaban J connectivity index is 0.000000496.